The fraction of sp³-hybridized carbons (Fsp3) is 0.417. The van der Waals surface area contributed by atoms with Gasteiger partial charge in [-0.15, -0.1) is 0 Å². The van der Waals surface area contributed by atoms with E-state index in [-0.39, 0.29) is 5.41 Å². The SMILES string of the molecule is CC(C)(C)CN=C(N)c1ccccc1. The topological polar surface area (TPSA) is 38.4 Å². The van der Waals surface area contributed by atoms with Crippen LogP contribution in [0.5, 0.6) is 0 Å². The zero-order valence-electron chi connectivity index (χ0n) is 9.12. The van der Waals surface area contributed by atoms with E-state index in [4.69, 9.17) is 5.73 Å². The van der Waals surface area contributed by atoms with Crippen molar-refractivity contribution in [3.8, 4) is 0 Å². The van der Waals surface area contributed by atoms with Gasteiger partial charge in [-0.05, 0) is 5.41 Å². The summed E-state index contributed by atoms with van der Waals surface area (Å²) in [5.74, 6) is 0.625. The van der Waals surface area contributed by atoms with Gasteiger partial charge < -0.3 is 5.73 Å². The minimum Gasteiger partial charge on any atom is -0.384 e. The number of benzene rings is 1. The molecule has 0 aromatic heterocycles. The molecule has 0 saturated carbocycles. The summed E-state index contributed by atoms with van der Waals surface area (Å²) >= 11 is 0. The second-order valence-electron chi connectivity index (χ2n) is 4.63. The summed E-state index contributed by atoms with van der Waals surface area (Å²) in [5, 5.41) is 0. The van der Waals surface area contributed by atoms with Gasteiger partial charge in [-0.2, -0.15) is 0 Å². The predicted octanol–water partition coefficient (Wildman–Crippen LogP) is 2.44. The third kappa shape index (κ3) is 3.60. The van der Waals surface area contributed by atoms with Crippen LogP contribution in [0.1, 0.15) is 26.3 Å². The molecule has 0 saturated heterocycles. The van der Waals surface area contributed by atoms with Crippen LogP contribution >= 0.6 is 0 Å². The highest BCUT2D eigenvalue weighted by Crippen LogP contribution is 2.13. The van der Waals surface area contributed by atoms with Crippen molar-refractivity contribution in [3.63, 3.8) is 0 Å². The highest BCUT2D eigenvalue weighted by molar-refractivity contribution is 5.97. The molecule has 0 amide bonds. The lowest BCUT2D eigenvalue weighted by Gasteiger charge is -2.14. The van der Waals surface area contributed by atoms with Crippen LogP contribution in [0, 0.1) is 5.41 Å². The molecule has 76 valence electrons. The molecule has 0 spiro atoms. The zero-order chi connectivity index (χ0) is 10.6. The van der Waals surface area contributed by atoms with Crippen LogP contribution in [0.15, 0.2) is 35.3 Å². The van der Waals surface area contributed by atoms with Crippen LogP contribution in [0.2, 0.25) is 0 Å². The molecule has 0 atom stereocenters. The van der Waals surface area contributed by atoms with E-state index in [1.54, 1.807) is 0 Å². The molecule has 0 aliphatic rings. The normalized spacial score (nSPS) is 12.9. The summed E-state index contributed by atoms with van der Waals surface area (Å²) in [6.07, 6.45) is 0. The van der Waals surface area contributed by atoms with Gasteiger partial charge in [0.2, 0.25) is 0 Å². The van der Waals surface area contributed by atoms with E-state index in [0.717, 1.165) is 12.1 Å². The van der Waals surface area contributed by atoms with Crippen molar-refractivity contribution in [3.05, 3.63) is 35.9 Å². The van der Waals surface area contributed by atoms with Crippen molar-refractivity contribution in [2.75, 3.05) is 6.54 Å². The number of aliphatic imine (C=N–C) groups is 1. The van der Waals surface area contributed by atoms with Crippen molar-refractivity contribution < 1.29 is 0 Å². The highest BCUT2D eigenvalue weighted by atomic mass is 14.9. The van der Waals surface area contributed by atoms with Crippen molar-refractivity contribution >= 4 is 5.84 Å². The number of rotatable bonds is 2. The van der Waals surface area contributed by atoms with E-state index in [2.05, 4.69) is 25.8 Å². The number of hydrogen-bond donors (Lipinski definition) is 1. The number of nitrogens with two attached hydrogens (primary N) is 1. The van der Waals surface area contributed by atoms with Gasteiger partial charge in [0, 0.05) is 12.1 Å². The fourth-order valence-corrected chi connectivity index (χ4v) is 1.02. The third-order valence-electron chi connectivity index (χ3n) is 1.79. The van der Waals surface area contributed by atoms with Crippen LogP contribution in [-0.4, -0.2) is 12.4 Å². The van der Waals surface area contributed by atoms with E-state index in [9.17, 15) is 0 Å². The molecule has 1 aromatic rings. The molecule has 2 nitrogen and oxygen atoms in total. The summed E-state index contributed by atoms with van der Waals surface area (Å²) in [7, 11) is 0. The number of nitrogens with zero attached hydrogens (tertiary/aromatic N) is 1. The first-order valence-corrected chi connectivity index (χ1v) is 4.84. The molecule has 0 fully saturated rings. The van der Waals surface area contributed by atoms with Gasteiger partial charge >= 0.3 is 0 Å². The van der Waals surface area contributed by atoms with Crippen LogP contribution in [-0.2, 0) is 0 Å². The van der Waals surface area contributed by atoms with Crippen molar-refractivity contribution in [2.45, 2.75) is 20.8 Å². The van der Waals surface area contributed by atoms with Gasteiger partial charge in [0.15, 0.2) is 0 Å². The zero-order valence-corrected chi connectivity index (χ0v) is 9.12. The van der Waals surface area contributed by atoms with Gasteiger partial charge in [-0.3, -0.25) is 4.99 Å². The summed E-state index contributed by atoms with van der Waals surface area (Å²) in [6.45, 7) is 7.20. The average molecular weight is 190 g/mol. The number of hydrogen-bond acceptors (Lipinski definition) is 1. The fourth-order valence-electron chi connectivity index (χ4n) is 1.02. The van der Waals surface area contributed by atoms with Crippen molar-refractivity contribution in [2.24, 2.45) is 16.1 Å². The Morgan fingerprint density at radius 1 is 1.21 bits per heavy atom. The Labute approximate surface area is 85.9 Å². The number of amidine groups is 1. The Hall–Kier alpha value is -1.31. The molecule has 2 N–H and O–H groups in total. The molecule has 2 heteroatoms. The minimum absolute atomic E-state index is 0.194. The lowest BCUT2D eigenvalue weighted by Crippen LogP contribution is -2.18. The van der Waals surface area contributed by atoms with Gasteiger partial charge in [-0.1, -0.05) is 51.1 Å². The Bertz CT molecular complexity index is 307. The Kier molecular flexibility index (Phi) is 3.28. The standard InChI is InChI=1S/C12H18N2/c1-12(2,3)9-14-11(13)10-7-5-4-6-8-10/h4-8H,9H2,1-3H3,(H2,13,14). The van der Waals surface area contributed by atoms with Gasteiger partial charge in [-0.25, -0.2) is 0 Å². The second-order valence-corrected chi connectivity index (χ2v) is 4.63. The van der Waals surface area contributed by atoms with Crippen molar-refractivity contribution in [1.82, 2.24) is 0 Å². The molecule has 0 unspecified atom stereocenters. The summed E-state index contributed by atoms with van der Waals surface area (Å²) in [6, 6.07) is 9.85. The molecule has 14 heavy (non-hydrogen) atoms. The molecular formula is C12H18N2. The van der Waals surface area contributed by atoms with Crippen molar-refractivity contribution in [1.29, 1.82) is 0 Å². The van der Waals surface area contributed by atoms with E-state index >= 15 is 0 Å². The minimum atomic E-state index is 0.194. The maximum absolute atomic E-state index is 5.85. The van der Waals surface area contributed by atoms with Crippen LogP contribution in [0.3, 0.4) is 0 Å². The molecule has 0 aliphatic heterocycles. The third-order valence-corrected chi connectivity index (χ3v) is 1.79. The lowest BCUT2D eigenvalue weighted by atomic mass is 9.97. The Morgan fingerprint density at radius 2 is 1.79 bits per heavy atom. The second kappa shape index (κ2) is 4.27. The smallest absolute Gasteiger partial charge is 0.125 e. The van der Waals surface area contributed by atoms with Gasteiger partial charge in [0.1, 0.15) is 5.84 Å². The quantitative estimate of drug-likeness (QED) is 0.564. The Morgan fingerprint density at radius 3 is 2.29 bits per heavy atom. The van der Waals surface area contributed by atoms with Crippen LogP contribution in [0.4, 0.5) is 0 Å². The van der Waals surface area contributed by atoms with E-state index in [0.29, 0.717) is 5.84 Å². The van der Waals surface area contributed by atoms with E-state index in [1.807, 2.05) is 30.3 Å². The highest BCUT2D eigenvalue weighted by Gasteiger charge is 2.08. The molecule has 0 aliphatic carbocycles. The van der Waals surface area contributed by atoms with E-state index < -0.39 is 0 Å². The van der Waals surface area contributed by atoms with Gasteiger partial charge in [0.25, 0.3) is 0 Å². The lowest BCUT2D eigenvalue weighted by molar-refractivity contribution is 0.429. The molecule has 1 aromatic carbocycles. The van der Waals surface area contributed by atoms with Crippen LogP contribution < -0.4 is 5.73 Å². The molecule has 1 rings (SSSR count). The molecule has 0 heterocycles. The summed E-state index contributed by atoms with van der Waals surface area (Å²) < 4.78 is 0. The van der Waals surface area contributed by atoms with Crippen LogP contribution in [0.25, 0.3) is 0 Å². The molecular weight excluding hydrogens is 172 g/mol. The first-order chi connectivity index (χ1) is 6.49. The maximum atomic E-state index is 5.85. The first-order valence-electron chi connectivity index (χ1n) is 4.84. The average Bonchev–Trinajstić information content (AvgIpc) is 2.14. The maximum Gasteiger partial charge on any atom is 0.125 e. The first kappa shape index (κ1) is 10.8. The monoisotopic (exact) mass is 190 g/mol. The van der Waals surface area contributed by atoms with E-state index in [1.165, 1.54) is 0 Å². The van der Waals surface area contributed by atoms with Gasteiger partial charge in [0.05, 0.1) is 0 Å². The summed E-state index contributed by atoms with van der Waals surface area (Å²) in [5.41, 5.74) is 7.04. The largest absolute Gasteiger partial charge is 0.384 e. The molecule has 0 bridgehead atoms. The Balaban J connectivity index is 2.71. The summed E-state index contributed by atoms with van der Waals surface area (Å²) in [4.78, 5) is 4.36. The predicted molar refractivity (Wildman–Crippen MR) is 61.5 cm³/mol. The molecule has 0 radical (unpaired) electrons.